The highest BCUT2D eigenvalue weighted by atomic mass is 127. The van der Waals surface area contributed by atoms with Gasteiger partial charge in [-0.15, -0.1) is 0 Å². The molecule has 0 saturated carbocycles. The van der Waals surface area contributed by atoms with Crippen LogP contribution in [0.15, 0.2) is 6.20 Å². The predicted octanol–water partition coefficient (Wildman–Crippen LogP) is 1.99. The van der Waals surface area contributed by atoms with Crippen LogP contribution in [0.2, 0.25) is 0 Å². The topological polar surface area (TPSA) is 82.0 Å². The summed E-state index contributed by atoms with van der Waals surface area (Å²) >= 11 is 1.77. The maximum Gasteiger partial charge on any atom is 0.302 e. The molecular weight excluding hydrogens is 323 g/mol. The number of hydrogen-bond donors (Lipinski definition) is 1. The van der Waals surface area contributed by atoms with Crippen LogP contribution in [-0.2, 0) is 6.54 Å². The fraction of sp³-hybridized carbons (Fsp3) is 0.286. The van der Waals surface area contributed by atoms with E-state index in [2.05, 4.69) is 4.98 Å². The van der Waals surface area contributed by atoms with Gasteiger partial charge in [0.25, 0.3) is 6.43 Å². The average molecular weight is 329 g/mol. The summed E-state index contributed by atoms with van der Waals surface area (Å²) in [5.74, 6) is 0. The lowest BCUT2D eigenvalue weighted by Crippen LogP contribution is -2.09. The van der Waals surface area contributed by atoms with Crippen LogP contribution in [0.5, 0.6) is 0 Å². The summed E-state index contributed by atoms with van der Waals surface area (Å²) in [4.78, 5) is 13.1. The number of nitro groups is 1. The first-order chi connectivity index (χ1) is 6.99. The molecule has 8 heteroatoms. The van der Waals surface area contributed by atoms with E-state index in [4.69, 9.17) is 5.73 Å². The minimum Gasteiger partial charge on any atom is -0.326 e. The van der Waals surface area contributed by atoms with Crippen molar-refractivity contribution in [1.29, 1.82) is 0 Å². The fourth-order valence-electron chi connectivity index (χ4n) is 1.09. The molecule has 82 valence electrons. The van der Waals surface area contributed by atoms with E-state index < -0.39 is 22.7 Å². The molecule has 0 spiro atoms. The third-order valence-electron chi connectivity index (χ3n) is 1.73. The first-order valence-corrected chi connectivity index (χ1v) is 4.86. The zero-order chi connectivity index (χ0) is 11.6. The molecule has 0 amide bonds. The highest BCUT2D eigenvalue weighted by Crippen LogP contribution is 2.32. The van der Waals surface area contributed by atoms with E-state index in [1.54, 1.807) is 22.6 Å². The maximum atomic E-state index is 12.4. The summed E-state index contributed by atoms with van der Waals surface area (Å²) < 4.78 is 25.3. The Hall–Kier alpha value is -0.900. The summed E-state index contributed by atoms with van der Waals surface area (Å²) in [5.41, 5.74) is 3.85. The van der Waals surface area contributed by atoms with Crippen LogP contribution in [0.4, 0.5) is 14.5 Å². The zero-order valence-corrected chi connectivity index (χ0v) is 9.44. The van der Waals surface area contributed by atoms with Gasteiger partial charge in [-0.1, -0.05) is 0 Å². The summed E-state index contributed by atoms with van der Waals surface area (Å²) in [6.07, 6.45) is -1.83. The molecule has 0 saturated heterocycles. The predicted molar refractivity (Wildman–Crippen MR) is 56.5 cm³/mol. The van der Waals surface area contributed by atoms with Gasteiger partial charge >= 0.3 is 5.69 Å². The van der Waals surface area contributed by atoms with Gasteiger partial charge in [0, 0.05) is 16.3 Å². The Bertz CT molecular complexity index is 400. The Labute approximate surface area is 97.0 Å². The number of nitrogens with two attached hydrogens (primary N) is 1. The first kappa shape index (κ1) is 12.2. The minimum atomic E-state index is -2.98. The molecule has 1 aromatic heterocycles. The van der Waals surface area contributed by atoms with Crippen molar-refractivity contribution >= 4 is 28.3 Å². The van der Waals surface area contributed by atoms with Crippen molar-refractivity contribution in [3.63, 3.8) is 0 Å². The molecule has 0 fully saturated rings. The number of rotatable bonds is 3. The third-order valence-corrected chi connectivity index (χ3v) is 2.66. The molecular formula is C7H6F2IN3O2. The lowest BCUT2D eigenvalue weighted by Gasteiger charge is -2.06. The van der Waals surface area contributed by atoms with Gasteiger partial charge in [-0.2, -0.15) is 0 Å². The average Bonchev–Trinajstić information content (AvgIpc) is 2.16. The van der Waals surface area contributed by atoms with Crippen molar-refractivity contribution < 1.29 is 13.7 Å². The van der Waals surface area contributed by atoms with Gasteiger partial charge in [0.15, 0.2) is 5.69 Å². The van der Waals surface area contributed by atoms with Gasteiger partial charge < -0.3 is 5.73 Å². The number of pyridine rings is 1. The molecule has 1 heterocycles. The van der Waals surface area contributed by atoms with E-state index >= 15 is 0 Å². The van der Waals surface area contributed by atoms with Crippen molar-refractivity contribution in [2.45, 2.75) is 13.0 Å². The van der Waals surface area contributed by atoms with Crippen molar-refractivity contribution in [3.05, 3.63) is 31.1 Å². The Kier molecular flexibility index (Phi) is 3.85. The lowest BCUT2D eigenvalue weighted by molar-refractivity contribution is -0.387. The van der Waals surface area contributed by atoms with Crippen LogP contribution in [-0.4, -0.2) is 9.91 Å². The molecule has 0 atom stereocenters. The molecule has 15 heavy (non-hydrogen) atoms. The number of aromatic nitrogens is 1. The van der Waals surface area contributed by atoms with Crippen molar-refractivity contribution in [2.75, 3.05) is 0 Å². The number of hydrogen-bond acceptors (Lipinski definition) is 4. The summed E-state index contributed by atoms with van der Waals surface area (Å²) in [6, 6.07) is 0. The summed E-state index contributed by atoms with van der Waals surface area (Å²) in [7, 11) is 0. The van der Waals surface area contributed by atoms with E-state index in [0.29, 0.717) is 3.57 Å². The van der Waals surface area contributed by atoms with Gasteiger partial charge in [-0.25, -0.2) is 13.8 Å². The molecule has 1 rings (SSSR count). The van der Waals surface area contributed by atoms with E-state index in [-0.39, 0.29) is 12.1 Å². The molecule has 0 aromatic carbocycles. The Morgan fingerprint density at radius 2 is 2.27 bits per heavy atom. The Balaban J connectivity index is 3.49. The molecule has 0 bridgehead atoms. The molecule has 0 unspecified atom stereocenters. The van der Waals surface area contributed by atoms with Crippen LogP contribution in [0.25, 0.3) is 0 Å². The Morgan fingerprint density at radius 1 is 1.67 bits per heavy atom. The quantitative estimate of drug-likeness (QED) is 0.522. The van der Waals surface area contributed by atoms with Crippen LogP contribution in [0, 0.1) is 13.7 Å². The van der Waals surface area contributed by atoms with Crippen LogP contribution >= 0.6 is 22.6 Å². The van der Waals surface area contributed by atoms with Gasteiger partial charge in [0.2, 0.25) is 0 Å². The monoisotopic (exact) mass is 329 g/mol. The fourth-order valence-corrected chi connectivity index (χ4v) is 1.71. The van der Waals surface area contributed by atoms with E-state index in [9.17, 15) is 18.9 Å². The molecule has 5 nitrogen and oxygen atoms in total. The second-order valence-electron chi connectivity index (χ2n) is 2.58. The van der Waals surface area contributed by atoms with Gasteiger partial charge in [0.05, 0.1) is 10.5 Å². The Morgan fingerprint density at radius 3 is 2.67 bits per heavy atom. The minimum absolute atomic E-state index is 0.0888. The molecule has 1 aromatic rings. The normalized spacial score (nSPS) is 10.7. The molecule has 2 N–H and O–H groups in total. The molecule has 0 aliphatic carbocycles. The number of nitrogens with zero attached hydrogens (tertiary/aromatic N) is 2. The SMILES string of the molecule is NCc1c(I)cnc(C(F)F)c1[N+](=O)[O-]. The van der Waals surface area contributed by atoms with Crippen molar-refractivity contribution in [2.24, 2.45) is 5.73 Å². The summed E-state index contributed by atoms with van der Waals surface area (Å²) in [6.45, 7) is -0.170. The van der Waals surface area contributed by atoms with Crippen LogP contribution < -0.4 is 5.73 Å². The number of halogens is 3. The smallest absolute Gasteiger partial charge is 0.302 e. The van der Waals surface area contributed by atoms with Gasteiger partial charge in [-0.3, -0.25) is 10.1 Å². The van der Waals surface area contributed by atoms with E-state index in [1.807, 2.05) is 0 Å². The highest BCUT2D eigenvalue weighted by Gasteiger charge is 2.28. The zero-order valence-electron chi connectivity index (χ0n) is 7.28. The van der Waals surface area contributed by atoms with Crippen LogP contribution in [0.3, 0.4) is 0 Å². The summed E-state index contributed by atoms with van der Waals surface area (Å²) in [5, 5.41) is 10.6. The molecule has 0 aliphatic rings. The first-order valence-electron chi connectivity index (χ1n) is 3.79. The molecule has 0 aliphatic heterocycles. The van der Waals surface area contributed by atoms with Crippen molar-refractivity contribution in [3.8, 4) is 0 Å². The van der Waals surface area contributed by atoms with E-state index in [0.717, 1.165) is 6.20 Å². The van der Waals surface area contributed by atoms with Crippen molar-refractivity contribution in [1.82, 2.24) is 4.98 Å². The maximum absolute atomic E-state index is 12.4. The highest BCUT2D eigenvalue weighted by molar-refractivity contribution is 14.1. The lowest BCUT2D eigenvalue weighted by atomic mass is 10.2. The second kappa shape index (κ2) is 4.75. The van der Waals surface area contributed by atoms with Gasteiger partial charge in [-0.05, 0) is 22.6 Å². The standard InChI is InChI=1S/C7H6F2IN3O2/c8-7(9)5-6(13(14)15)3(1-11)4(10)2-12-5/h2,7H,1,11H2. The largest absolute Gasteiger partial charge is 0.326 e. The van der Waals surface area contributed by atoms with Crippen LogP contribution in [0.1, 0.15) is 17.7 Å². The number of alkyl halides is 2. The van der Waals surface area contributed by atoms with E-state index in [1.165, 1.54) is 0 Å². The van der Waals surface area contributed by atoms with Gasteiger partial charge in [0.1, 0.15) is 0 Å². The molecule has 0 radical (unpaired) electrons. The second-order valence-corrected chi connectivity index (χ2v) is 3.74. The third kappa shape index (κ3) is 2.37.